The summed E-state index contributed by atoms with van der Waals surface area (Å²) in [7, 11) is 0. The third-order valence-electron chi connectivity index (χ3n) is 5.30. The molecule has 178 valence electrons. The zero-order valence-corrected chi connectivity index (χ0v) is 20.9. The van der Waals surface area contributed by atoms with Crippen LogP contribution in [0.5, 0.6) is 5.75 Å². The molecule has 0 aliphatic heterocycles. The lowest BCUT2D eigenvalue weighted by Crippen LogP contribution is -2.34. The van der Waals surface area contributed by atoms with Gasteiger partial charge in [-0.25, -0.2) is 4.79 Å². The number of carbonyl (C=O) groups is 1. The van der Waals surface area contributed by atoms with E-state index in [0.29, 0.717) is 13.2 Å². The number of allylic oxidation sites excluding steroid dienone is 1. The van der Waals surface area contributed by atoms with Crippen molar-refractivity contribution in [3.63, 3.8) is 0 Å². The number of nitrogens with one attached hydrogen (secondary N) is 1. The molecule has 3 aromatic carbocycles. The smallest absolute Gasteiger partial charge is 0.407 e. The first kappa shape index (κ1) is 25.1. The lowest BCUT2D eigenvalue weighted by atomic mass is 9.88. The fraction of sp³-hybridized carbons (Fsp3) is 0.300. The lowest BCUT2D eigenvalue weighted by molar-refractivity contribution is 0.0520. The predicted molar refractivity (Wildman–Crippen MR) is 140 cm³/mol. The second-order valence-corrected chi connectivity index (χ2v) is 9.24. The summed E-state index contributed by atoms with van der Waals surface area (Å²) in [6.45, 7) is 10.6. The highest BCUT2D eigenvalue weighted by molar-refractivity contribution is 5.98. The van der Waals surface area contributed by atoms with Crippen molar-refractivity contribution in [2.75, 3.05) is 13.2 Å². The van der Waals surface area contributed by atoms with Gasteiger partial charge in [-0.2, -0.15) is 0 Å². The van der Waals surface area contributed by atoms with Gasteiger partial charge in [-0.1, -0.05) is 79.2 Å². The van der Waals surface area contributed by atoms with Crippen LogP contribution in [0.2, 0.25) is 0 Å². The number of hydrogen-bond donors (Lipinski definition) is 1. The molecule has 0 radical (unpaired) electrons. The van der Waals surface area contributed by atoms with E-state index < -0.39 is 11.7 Å². The van der Waals surface area contributed by atoms with Gasteiger partial charge in [-0.15, -0.1) is 0 Å². The third-order valence-corrected chi connectivity index (χ3v) is 5.30. The van der Waals surface area contributed by atoms with Crippen molar-refractivity contribution in [2.24, 2.45) is 0 Å². The number of rotatable bonds is 8. The van der Waals surface area contributed by atoms with Crippen molar-refractivity contribution >= 4 is 17.2 Å². The van der Waals surface area contributed by atoms with Crippen LogP contribution in [-0.2, 0) is 4.74 Å². The first-order valence-electron chi connectivity index (χ1n) is 11.8. The van der Waals surface area contributed by atoms with Gasteiger partial charge in [0, 0.05) is 0 Å². The Hall–Kier alpha value is -3.53. The molecule has 0 aliphatic carbocycles. The Kier molecular flexibility index (Phi) is 8.53. The van der Waals surface area contributed by atoms with Gasteiger partial charge >= 0.3 is 6.09 Å². The van der Waals surface area contributed by atoms with Gasteiger partial charge in [-0.3, -0.25) is 0 Å². The number of hydrogen-bond acceptors (Lipinski definition) is 3. The zero-order chi connectivity index (χ0) is 24.6. The predicted octanol–water partition coefficient (Wildman–Crippen LogP) is 7.27. The Morgan fingerprint density at radius 3 is 1.97 bits per heavy atom. The van der Waals surface area contributed by atoms with E-state index in [1.54, 1.807) is 0 Å². The second-order valence-electron chi connectivity index (χ2n) is 9.24. The lowest BCUT2D eigenvalue weighted by Gasteiger charge is -2.19. The summed E-state index contributed by atoms with van der Waals surface area (Å²) in [6, 6.07) is 27.4. The van der Waals surface area contributed by atoms with Gasteiger partial charge in [0.05, 0.1) is 6.54 Å². The molecule has 1 amide bonds. The van der Waals surface area contributed by atoms with E-state index in [1.807, 2.05) is 39.0 Å². The van der Waals surface area contributed by atoms with Gasteiger partial charge in [0.1, 0.15) is 18.0 Å². The highest BCUT2D eigenvalue weighted by Gasteiger charge is 2.16. The van der Waals surface area contributed by atoms with Crippen molar-refractivity contribution < 1.29 is 14.3 Å². The Morgan fingerprint density at radius 2 is 1.41 bits per heavy atom. The van der Waals surface area contributed by atoms with Gasteiger partial charge in [0.25, 0.3) is 0 Å². The van der Waals surface area contributed by atoms with E-state index in [1.165, 1.54) is 27.8 Å². The molecule has 0 saturated heterocycles. The molecular formula is C30H35NO3. The Balaban J connectivity index is 1.78. The first-order chi connectivity index (χ1) is 16.3. The summed E-state index contributed by atoms with van der Waals surface area (Å²) >= 11 is 0. The molecule has 0 aromatic heterocycles. The van der Waals surface area contributed by atoms with Crippen LogP contribution in [0.3, 0.4) is 0 Å². The maximum Gasteiger partial charge on any atom is 0.407 e. The topological polar surface area (TPSA) is 47.6 Å². The van der Waals surface area contributed by atoms with Gasteiger partial charge in [0.15, 0.2) is 0 Å². The Morgan fingerprint density at radius 1 is 0.824 bits per heavy atom. The van der Waals surface area contributed by atoms with Crippen molar-refractivity contribution in [1.29, 1.82) is 0 Å². The van der Waals surface area contributed by atoms with Crippen LogP contribution in [0.4, 0.5) is 4.79 Å². The Bertz CT molecular complexity index is 1090. The molecule has 0 atom stereocenters. The standard InChI is InChI=1S/C30H35NO3/c1-6-27(23-10-8-7-9-11-23)28(24-14-12-22(2)13-15-24)25-16-18-26(19-17-25)33-21-20-31-29(32)34-30(3,4)5/h7-19H,6,20-21H2,1-5H3,(H,31,32)/b28-27-. The van der Waals surface area contributed by atoms with E-state index in [0.717, 1.165) is 17.7 Å². The Labute approximate surface area is 203 Å². The van der Waals surface area contributed by atoms with E-state index in [-0.39, 0.29) is 0 Å². The largest absolute Gasteiger partial charge is 0.492 e. The fourth-order valence-electron chi connectivity index (χ4n) is 3.75. The van der Waals surface area contributed by atoms with Crippen molar-refractivity contribution in [3.05, 3.63) is 101 Å². The molecule has 4 heteroatoms. The molecule has 0 heterocycles. The molecule has 0 fully saturated rings. The number of amides is 1. The quantitative estimate of drug-likeness (QED) is 0.286. The van der Waals surface area contributed by atoms with Crippen LogP contribution in [-0.4, -0.2) is 24.8 Å². The summed E-state index contributed by atoms with van der Waals surface area (Å²) in [5, 5.41) is 2.71. The minimum Gasteiger partial charge on any atom is -0.492 e. The molecule has 0 aliphatic rings. The average molecular weight is 458 g/mol. The fourth-order valence-corrected chi connectivity index (χ4v) is 3.75. The summed E-state index contributed by atoms with van der Waals surface area (Å²) in [5.41, 5.74) is 6.83. The molecule has 0 unspecified atom stereocenters. The van der Waals surface area contributed by atoms with Crippen molar-refractivity contribution in [3.8, 4) is 5.75 Å². The van der Waals surface area contributed by atoms with E-state index in [2.05, 4.69) is 79.8 Å². The summed E-state index contributed by atoms with van der Waals surface area (Å²) in [4.78, 5) is 11.8. The third kappa shape index (κ3) is 7.24. The minimum atomic E-state index is -0.513. The number of carbonyl (C=O) groups excluding carboxylic acids is 1. The number of aryl methyl sites for hydroxylation is 1. The highest BCUT2D eigenvalue weighted by atomic mass is 16.6. The molecule has 3 rings (SSSR count). The maximum atomic E-state index is 11.8. The molecule has 34 heavy (non-hydrogen) atoms. The summed E-state index contributed by atoms with van der Waals surface area (Å²) < 4.78 is 11.1. The van der Waals surface area contributed by atoms with Crippen LogP contribution in [0.1, 0.15) is 56.4 Å². The highest BCUT2D eigenvalue weighted by Crippen LogP contribution is 2.35. The van der Waals surface area contributed by atoms with Crippen LogP contribution in [0.15, 0.2) is 78.9 Å². The van der Waals surface area contributed by atoms with Crippen LogP contribution in [0.25, 0.3) is 11.1 Å². The number of alkyl carbamates (subject to hydrolysis) is 1. The van der Waals surface area contributed by atoms with E-state index >= 15 is 0 Å². The zero-order valence-electron chi connectivity index (χ0n) is 20.9. The molecule has 0 saturated carbocycles. The average Bonchev–Trinajstić information content (AvgIpc) is 2.81. The SMILES string of the molecule is CC/C(=C(\c1ccc(C)cc1)c1ccc(OCCNC(=O)OC(C)(C)C)cc1)c1ccccc1. The normalized spacial score (nSPS) is 12.0. The van der Waals surface area contributed by atoms with Crippen molar-refractivity contribution in [1.82, 2.24) is 5.32 Å². The van der Waals surface area contributed by atoms with Gasteiger partial charge in [0.2, 0.25) is 0 Å². The molecule has 0 bridgehead atoms. The monoisotopic (exact) mass is 457 g/mol. The van der Waals surface area contributed by atoms with Crippen molar-refractivity contribution in [2.45, 2.75) is 46.6 Å². The maximum absolute atomic E-state index is 11.8. The van der Waals surface area contributed by atoms with E-state index in [9.17, 15) is 4.79 Å². The molecule has 1 N–H and O–H groups in total. The summed E-state index contributed by atoms with van der Waals surface area (Å²) in [6.07, 6.45) is 0.481. The summed E-state index contributed by atoms with van der Waals surface area (Å²) in [5.74, 6) is 0.760. The molecular weight excluding hydrogens is 422 g/mol. The second kappa shape index (κ2) is 11.6. The first-order valence-corrected chi connectivity index (χ1v) is 11.8. The number of ether oxygens (including phenoxy) is 2. The van der Waals surface area contributed by atoms with Crippen LogP contribution >= 0.6 is 0 Å². The molecule has 3 aromatic rings. The van der Waals surface area contributed by atoms with E-state index in [4.69, 9.17) is 9.47 Å². The minimum absolute atomic E-state index is 0.365. The van der Waals surface area contributed by atoms with Gasteiger partial charge in [-0.05, 0) is 74.1 Å². The van der Waals surface area contributed by atoms with Crippen LogP contribution < -0.4 is 10.1 Å². The number of benzene rings is 3. The van der Waals surface area contributed by atoms with Gasteiger partial charge < -0.3 is 14.8 Å². The van der Waals surface area contributed by atoms with Crippen LogP contribution in [0, 0.1) is 6.92 Å². The molecule has 0 spiro atoms. The molecule has 4 nitrogen and oxygen atoms in total.